The highest BCUT2D eigenvalue weighted by Crippen LogP contribution is 2.06. The zero-order valence-corrected chi connectivity index (χ0v) is 9.15. The second-order valence-corrected chi connectivity index (χ2v) is 3.23. The van der Waals surface area contributed by atoms with Crippen molar-refractivity contribution < 1.29 is 0 Å². The van der Waals surface area contributed by atoms with E-state index in [-0.39, 0.29) is 0 Å². The van der Waals surface area contributed by atoms with Crippen LogP contribution < -0.4 is 5.23 Å². The van der Waals surface area contributed by atoms with Crippen molar-refractivity contribution >= 4 is 6.85 Å². The van der Waals surface area contributed by atoms with E-state index >= 15 is 0 Å². The fraction of sp³-hybridized carbons (Fsp3) is 0.700. The summed E-state index contributed by atoms with van der Waals surface area (Å²) in [6.45, 7) is 8.78. The smallest absolute Gasteiger partial charge is 0.250 e. The Balaban J connectivity index is 4.38. The average Bonchev–Trinajstić information content (AvgIpc) is 2.19. The molecular weight excluding hydrogens is 159 g/mol. The number of hydrogen-bond donors (Lipinski definition) is 1. The molecule has 0 aliphatic carbocycles. The van der Waals surface area contributed by atoms with Gasteiger partial charge in [0.25, 0.3) is 6.85 Å². The summed E-state index contributed by atoms with van der Waals surface area (Å²) in [5, 5.41) is 12.2. The Bertz CT molecular complexity index is 211. The van der Waals surface area contributed by atoms with Gasteiger partial charge in [-0.05, 0) is 13.3 Å². The lowest BCUT2D eigenvalue weighted by atomic mass is 9.57. The van der Waals surface area contributed by atoms with E-state index in [0.29, 0.717) is 6.85 Å². The van der Waals surface area contributed by atoms with E-state index in [1.54, 1.807) is 0 Å². The molecule has 0 radical (unpaired) electrons. The van der Waals surface area contributed by atoms with Crippen molar-refractivity contribution in [2.75, 3.05) is 0 Å². The van der Waals surface area contributed by atoms with Gasteiger partial charge in [-0.3, -0.25) is 0 Å². The van der Waals surface area contributed by atoms with Gasteiger partial charge in [0.05, 0.1) is 6.07 Å². The monoisotopic (exact) mass is 178 g/mol. The van der Waals surface area contributed by atoms with Gasteiger partial charge < -0.3 is 5.23 Å². The van der Waals surface area contributed by atoms with E-state index in [9.17, 15) is 0 Å². The molecule has 0 atom stereocenters. The maximum Gasteiger partial charge on any atom is 0.250 e. The van der Waals surface area contributed by atoms with Gasteiger partial charge in [-0.25, -0.2) is 0 Å². The summed E-state index contributed by atoms with van der Waals surface area (Å²) in [6.07, 6.45) is 3.13. The molecule has 0 saturated carbocycles. The van der Waals surface area contributed by atoms with Crippen molar-refractivity contribution in [1.82, 2.24) is 5.23 Å². The molecule has 0 rings (SSSR count). The normalized spacial score (nSPS) is 11.6. The maximum atomic E-state index is 8.75. The summed E-state index contributed by atoms with van der Waals surface area (Å²) in [5.74, 6) is 0. The van der Waals surface area contributed by atoms with Crippen LogP contribution in [0, 0.1) is 11.3 Å². The Labute approximate surface area is 82.1 Å². The number of hydrogen-bond acceptors (Lipinski definition) is 2. The third-order valence-corrected chi connectivity index (χ3v) is 2.34. The first-order valence-electron chi connectivity index (χ1n) is 5.05. The molecular formula is C10H19BN2. The fourth-order valence-electron chi connectivity index (χ4n) is 1.28. The molecule has 1 N–H and O–H groups in total. The van der Waals surface area contributed by atoms with Crippen molar-refractivity contribution in [2.24, 2.45) is 0 Å². The van der Waals surface area contributed by atoms with Crippen molar-refractivity contribution in [3.8, 4) is 6.07 Å². The summed E-state index contributed by atoms with van der Waals surface area (Å²) in [6, 6.07) is 2.19. The maximum absolute atomic E-state index is 8.75. The Morgan fingerprint density at radius 2 is 1.85 bits per heavy atom. The van der Waals surface area contributed by atoms with Crippen LogP contribution in [0.1, 0.15) is 34.1 Å². The number of rotatable bonds is 5. The first-order valence-corrected chi connectivity index (χ1v) is 5.05. The van der Waals surface area contributed by atoms with Gasteiger partial charge in [0.2, 0.25) is 0 Å². The summed E-state index contributed by atoms with van der Waals surface area (Å²) >= 11 is 0. The topological polar surface area (TPSA) is 35.8 Å². The van der Waals surface area contributed by atoms with E-state index in [2.05, 4.69) is 32.1 Å². The summed E-state index contributed by atoms with van der Waals surface area (Å²) in [5.41, 5.74) is 1.91. The molecule has 2 nitrogen and oxygen atoms in total. The molecule has 0 fully saturated rings. The predicted molar refractivity (Wildman–Crippen MR) is 58.5 cm³/mol. The highest BCUT2D eigenvalue weighted by Gasteiger charge is 2.10. The lowest BCUT2D eigenvalue weighted by molar-refractivity contribution is 0.953. The first-order chi connectivity index (χ1) is 6.19. The van der Waals surface area contributed by atoms with E-state index in [1.807, 2.05) is 6.92 Å². The molecule has 0 spiro atoms. The van der Waals surface area contributed by atoms with Crippen LogP contribution in [0.5, 0.6) is 0 Å². The molecule has 0 saturated heterocycles. The fourth-order valence-corrected chi connectivity index (χ4v) is 1.28. The summed E-state index contributed by atoms with van der Waals surface area (Å²) < 4.78 is 0. The lowest BCUT2D eigenvalue weighted by Crippen LogP contribution is -2.31. The van der Waals surface area contributed by atoms with Crippen LogP contribution in [-0.4, -0.2) is 6.85 Å². The zero-order chi connectivity index (χ0) is 10.3. The average molecular weight is 178 g/mol. The molecule has 0 unspecified atom stereocenters. The van der Waals surface area contributed by atoms with Gasteiger partial charge in [-0.15, -0.1) is 0 Å². The zero-order valence-electron chi connectivity index (χ0n) is 9.15. The van der Waals surface area contributed by atoms with E-state index in [4.69, 9.17) is 5.26 Å². The Hall–Kier alpha value is -0.905. The van der Waals surface area contributed by atoms with Crippen molar-refractivity contribution in [3.63, 3.8) is 0 Å². The van der Waals surface area contributed by atoms with Gasteiger partial charge in [-0.2, -0.15) is 5.26 Å². The van der Waals surface area contributed by atoms with E-state index in [1.165, 1.54) is 0 Å². The second kappa shape index (κ2) is 6.59. The van der Waals surface area contributed by atoms with E-state index in [0.717, 1.165) is 30.3 Å². The van der Waals surface area contributed by atoms with Gasteiger partial charge >= 0.3 is 0 Å². The molecule has 0 heterocycles. The number of nitriles is 1. The quantitative estimate of drug-likeness (QED) is 0.519. The van der Waals surface area contributed by atoms with Crippen LogP contribution in [0.2, 0.25) is 12.6 Å². The molecule has 0 aliphatic heterocycles. The number of allylic oxidation sites excluding steroid dienone is 2. The minimum Gasteiger partial charge on any atom is -0.430 e. The van der Waals surface area contributed by atoms with Crippen LogP contribution >= 0.6 is 0 Å². The SMILES string of the molecule is CCB(CC)N/C(CC)=C(\C)C#N. The Morgan fingerprint density at radius 3 is 2.15 bits per heavy atom. The van der Waals surface area contributed by atoms with Crippen LogP contribution in [-0.2, 0) is 0 Å². The molecule has 0 aromatic heterocycles. The second-order valence-electron chi connectivity index (χ2n) is 3.23. The van der Waals surface area contributed by atoms with Crippen LogP contribution in [0.4, 0.5) is 0 Å². The number of nitrogens with zero attached hydrogens (tertiary/aromatic N) is 1. The number of nitrogens with one attached hydrogen (secondary N) is 1. The van der Waals surface area contributed by atoms with Crippen molar-refractivity contribution in [3.05, 3.63) is 11.3 Å². The molecule has 13 heavy (non-hydrogen) atoms. The van der Waals surface area contributed by atoms with Crippen LogP contribution in [0.15, 0.2) is 11.3 Å². The predicted octanol–water partition coefficient (Wildman–Crippen LogP) is 2.81. The highest BCUT2D eigenvalue weighted by molar-refractivity contribution is 6.56. The Kier molecular flexibility index (Phi) is 6.13. The third kappa shape index (κ3) is 4.03. The first kappa shape index (κ1) is 12.1. The van der Waals surface area contributed by atoms with Gasteiger partial charge in [0.1, 0.15) is 0 Å². The molecule has 72 valence electrons. The van der Waals surface area contributed by atoms with Gasteiger partial charge in [0.15, 0.2) is 0 Å². The molecule has 0 amide bonds. The standard InChI is InChI=1S/C10H19BN2/c1-5-10(9(4)8-12)13-11(6-2)7-3/h13H,5-7H2,1-4H3/b10-9+. The minimum atomic E-state index is 0.512. The lowest BCUT2D eigenvalue weighted by Gasteiger charge is -2.15. The Morgan fingerprint density at radius 1 is 1.31 bits per heavy atom. The third-order valence-electron chi connectivity index (χ3n) is 2.34. The molecule has 0 bridgehead atoms. The molecule has 0 aromatic rings. The highest BCUT2D eigenvalue weighted by atomic mass is 14.8. The summed E-state index contributed by atoms with van der Waals surface area (Å²) in [7, 11) is 0. The van der Waals surface area contributed by atoms with Crippen molar-refractivity contribution in [1.29, 1.82) is 5.26 Å². The van der Waals surface area contributed by atoms with Crippen molar-refractivity contribution in [2.45, 2.75) is 46.8 Å². The largest absolute Gasteiger partial charge is 0.430 e. The molecule has 0 aromatic carbocycles. The van der Waals surface area contributed by atoms with Crippen LogP contribution in [0.3, 0.4) is 0 Å². The van der Waals surface area contributed by atoms with Crippen LogP contribution in [0.25, 0.3) is 0 Å². The minimum absolute atomic E-state index is 0.512. The van der Waals surface area contributed by atoms with Gasteiger partial charge in [0, 0.05) is 11.3 Å². The van der Waals surface area contributed by atoms with Gasteiger partial charge in [-0.1, -0.05) is 33.4 Å². The molecule has 0 aliphatic rings. The summed E-state index contributed by atoms with van der Waals surface area (Å²) in [4.78, 5) is 0. The van der Waals surface area contributed by atoms with E-state index < -0.39 is 0 Å². The molecule has 3 heteroatoms.